The molecule has 2 aromatic heterocycles. The van der Waals surface area contributed by atoms with Crippen LogP contribution in [-0.2, 0) is 11.2 Å². The van der Waals surface area contributed by atoms with Gasteiger partial charge < -0.3 is 9.14 Å². The molecule has 0 saturated heterocycles. The second kappa shape index (κ2) is 6.06. The van der Waals surface area contributed by atoms with E-state index in [1.807, 2.05) is 41.8 Å². The van der Waals surface area contributed by atoms with Crippen molar-refractivity contribution in [3.63, 3.8) is 0 Å². The Kier molecular flexibility index (Phi) is 3.96. The Morgan fingerprint density at radius 1 is 1.09 bits per heavy atom. The summed E-state index contributed by atoms with van der Waals surface area (Å²) in [6.45, 7) is 4.34. The number of fused-ring (bicyclic) bond motifs is 1. The molecule has 3 rings (SSSR count). The van der Waals surface area contributed by atoms with Crippen molar-refractivity contribution in [2.45, 2.75) is 20.3 Å². The average Bonchev–Trinajstić information content (AvgIpc) is 2.95. The maximum Gasteiger partial charge on any atom is 0.340 e. The number of ether oxygens (including phenoxy) is 1. The highest BCUT2D eigenvalue weighted by Gasteiger charge is 2.16. The molecule has 0 aliphatic carbocycles. The Labute approximate surface area is 130 Å². The van der Waals surface area contributed by atoms with Crippen LogP contribution in [0.15, 0.2) is 54.7 Å². The lowest BCUT2D eigenvalue weighted by molar-refractivity contribution is 0.0529. The van der Waals surface area contributed by atoms with E-state index >= 15 is 0 Å². The van der Waals surface area contributed by atoms with E-state index in [1.54, 1.807) is 0 Å². The molecule has 0 N–H and O–H groups in total. The van der Waals surface area contributed by atoms with Crippen LogP contribution in [0.4, 0.5) is 0 Å². The van der Waals surface area contributed by atoms with Crippen molar-refractivity contribution in [1.82, 2.24) is 4.40 Å². The topological polar surface area (TPSA) is 30.7 Å². The molecule has 0 fully saturated rings. The second-order valence-electron chi connectivity index (χ2n) is 5.17. The predicted molar refractivity (Wildman–Crippen MR) is 88.2 cm³/mol. The maximum atomic E-state index is 12.2. The highest BCUT2D eigenvalue weighted by molar-refractivity contribution is 5.99. The molecule has 0 unspecified atom stereocenters. The van der Waals surface area contributed by atoms with Gasteiger partial charge in [0, 0.05) is 6.20 Å². The molecule has 0 radical (unpaired) electrons. The average molecular weight is 293 g/mol. The first-order valence-electron chi connectivity index (χ1n) is 7.61. The van der Waals surface area contributed by atoms with Crippen LogP contribution in [0.3, 0.4) is 0 Å². The van der Waals surface area contributed by atoms with Gasteiger partial charge in [-0.15, -0.1) is 0 Å². The normalized spacial score (nSPS) is 10.8. The van der Waals surface area contributed by atoms with E-state index in [4.69, 9.17) is 4.74 Å². The van der Waals surface area contributed by atoms with Gasteiger partial charge in [0.25, 0.3) is 0 Å². The number of hydrogen-bond donors (Lipinski definition) is 0. The van der Waals surface area contributed by atoms with Crippen molar-refractivity contribution in [2.24, 2.45) is 0 Å². The van der Waals surface area contributed by atoms with Crippen LogP contribution in [0.25, 0.3) is 16.8 Å². The zero-order valence-electron chi connectivity index (χ0n) is 12.9. The van der Waals surface area contributed by atoms with Crippen LogP contribution in [-0.4, -0.2) is 17.0 Å². The van der Waals surface area contributed by atoms with Gasteiger partial charge in [0.2, 0.25) is 0 Å². The number of esters is 1. The van der Waals surface area contributed by atoms with Gasteiger partial charge >= 0.3 is 5.97 Å². The summed E-state index contributed by atoms with van der Waals surface area (Å²) in [6.07, 6.45) is 2.99. The van der Waals surface area contributed by atoms with Gasteiger partial charge in [0.15, 0.2) is 0 Å². The molecule has 112 valence electrons. The van der Waals surface area contributed by atoms with E-state index in [-0.39, 0.29) is 5.97 Å². The first-order valence-corrected chi connectivity index (χ1v) is 7.61. The molecule has 3 heteroatoms. The summed E-state index contributed by atoms with van der Waals surface area (Å²) >= 11 is 0. The summed E-state index contributed by atoms with van der Waals surface area (Å²) in [6, 6.07) is 16.2. The number of pyridine rings is 1. The minimum Gasteiger partial charge on any atom is -0.462 e. The van der Waals surface area contributed by atoms with E-state index in [2.05, 4.69) is 31.2 Å². The fourth-order valence-electron chi connectivity index (χ4n) is 2.66. The third-order valence-electron chi connectivity index (χ3n) is 3.83. The van der Waals surface area contributed by atoms with Crippen molar-refractivity contribution in [1.29, 1.82) is 0 Å². The molecule has 22 heavy (non-hydrogen) atoms. The monoisotopic (exact) mass is 293 g/mol. The van der Waals surface area contributed by atoms with Crippen molar-refractivity contribution >= 4 is 11.5 Å². The number of benzene rings is 1. The van der Waals surface area contributed by atoms with E-state index in [1.165, 1.54) is 5.56 Å². The molecule has 3 nitrogen and oxygen atoms in total. The Morgan fingerprint density at radius 3 is 2.55 bits per heavy atom. The van der Waals surface area contributed by atoms with Crippen LogP contribution in [0.2, 0.25) is 0 Å². The third-order valence-corrected chi connectivity index (χ3v) is 3.83. The zero-order valence-corrected chi connectivity index (χ0v) is 12.9. The standard InChI is InChI=1S/C19H19NO2/c1-3-14-8-10-15(11-9-14)18-13-16(19(21)22-4-2)17-7-5-6-12-20(17)18/h5-13H,3-4H2,1-2H3. The van der Waals surface area contributed by atoms with E-state index in [9.17, 15) is 4.79 Å². The fourth-order valence-corrected chi connectivity index (χ4v) is 2.66. The largest absolute Gasteiger partial charge is 0.462 e. The van der Waals surface area contributed by atoms with Gasteiger partial charge in [-0.2, -0.15) is 0 Å². The smallest absolute Gasteiger partial charge is 0.340 e. The first kappa shape index (κ1) is 14.4. The summed E-state index contributed by atoms with van der Waals surface area (Å²) in [7, 11) is 0. The van der Waals surface area contributed by atoms with Crippen LogP contribution < -0.4 is 0 Å². The van der Waals surface area contributed by atoms with E-state index in [0.29, 0.717) is 12.2 Å². The molecule has 0 aliphatic heterocycles. The minimum absolute atomic E-state index is 0.275. The SMILES string of the molecule is CCOC(=O)c1cc(-c2ccc(CC)cc2)n2ccccc12. The highest BCUT2D eigenvalue weighted by atomic mass is 16.5. The molecule has 0 amide bonds. The molecule has 0 aliphatic rings. The number of aryl methyl sites for hydroxylation is 1. The van der Waals surface area contributed by atoms with Gasteiger partial charge in [0.1, 0.15) is 0 Å². The number of carbonyl (C=O) groups is 1. The number of aromatic nitrogens is 1. The lowest BCUT2D eigenvalue weighted by atomic mass is 10.1. The van der Waals surface area contributed by atoms with Crippen molar-refractivity contribution in [3.05, 3.63) is 65.9 Å². The van der Waals surface area contributed by atoms with Crippen LogP contribution in [0.5, 0.6) is 0 Å². The predicted octanol–water partition coefficient (Wildman–Crippen LogP) is 4.35. The summed E-state index contributed by atoms with van der Waals surface area (Å²) in [4.78, 5) is 12.2. The van der Waals surface area contributed by atoms with Crippen molar-refractivity contribution < 1.29 is 9.53 Å². The lowest BCUT2D eigenvalue weighted by Crippen LogP contribution is -2.03. The Morgan fingerprint density at radius 2 is 1.86 bits per heavy atom. The minimum atomic E-state index is -0.275. The van der Waals surface area contributed by atoms with Crippen LogP contribution in [0.1, 0.15) is 29.8 Å². The molecule has 0 atom stereocenters. The third kappa shape index (κ3) is 2.50. The first-order chi connectivity index (χ1) is 10.7. The molecule has 0 saturated carbocycles. The fraction of sp³-hybridized carbons (Fsp3) is 0.211. The van der Waals surface area contributed by atoms with Gasteiger partial charge in [-0.25, -0.2) is 4.79 Å². The number of hydrogen-bond acceptors (Lipinski definition) is 2. The maximum absolute atomic E-state index is 12.2. The summed E-state index contributed by atoms with van der Waals surface area (Å²) in [5.74, 6) is -0.275. The summed E-state index contributed by atoms with van der Waals surface area (Å²) < 4.78 is 7.20. The quantitative estimate of drug-likeness (QED) is 0.670. The Hall–Kier alpha value is -2.55. The molecular formula is C19H19NO2. The lowest BCUT2D eigenvalue weighted by Gasteiger charge is -2.04. The molecule has 3 aromatic rings. The highest BCUT2D eigenvalue weighted by Crippen LogP contribution is 2.27. The number of carbonyl (C=O) groups excluding carboxylic acids is 1. The van der Waals surface area contributed by atoms with Crippen molar-refractivity contribution in [2.75, 3.05) is 6.61 Å². The molecule has 0 spiro atoms. The second-order valence-corrected chi connectivity index (χ2v) is 5.17. The van der Waals surface area contributed by atoms with Crippen LogP contribution in [0, 0.1) is 0 Å². The molecule has 1 aromatic carbocycles. The van der Waals surface area contributed by atoms with E-state index in [0.717, 1.165) is 23.2 Å². The zero-order chi connectivity index (χ0) is 15.5. The van der Waals surface area contributed by atoms with Crippen molar-refractivity contribution in [3.8, 4) is 11.3 Å². The molecule has 0 bridgehead atoms. The molecular weight excluding hydrogens is 274 g/mol. The van der Waals surface area contributed by atoms with Crippen LogP contribution >= 0.6 is 0 Å². The Balaban J connectivity index is 2.14. The summed E-state index contributed by atoms with van der Waals surface area (Å²) in [5.41, 5.74) is 4.87. The Bertz CT molecular complexity index is 800. The molecule has 2 heterocycles. The summed E-state index contributed by atoms with van der Waals surface area (Å²) in [5, 5.41) is 0. The number of rotatable bonds is 4. The van der Waals surface area contributed by atoms with Gasteiger partial charge in [0.05, 0.1) is 23.4 Å². The van der Waals surface area contributed by atoms with Gasteiger partial charge in [-0.3, -0.25) is 0 Å². The van der Waals surface area contributed by atoms with Gasteiger partial charge in [-0.1, -0.05) is 37.3 Å². The number of nitrogens with zero attached hydrogens (tertiary/aromatic N) is 1. The van der Waals surface area contributed by atoms with Gasteiger partial charge in [-0.05, 0) is 42.7 Å². The van der Waals surface area contributed by atoms with E-state index < -0.39 is 0 Å².